The second-order valence-corrected chi connectivity index (χ2v) is 7.41. The normalized spacial score (nSPS) is 17.9. The van der Waals surface area contributed by atoms with Crippen LogP contribution in [0.1, 0.15) is 40.0 Å². The summed E-state index contributed by atoms with van der Waals surface area (Å²) >= 11 is 0. The first kappa shape index (κ1) is 17.5. The highest BCUT2D eigenvalue weighted by molar-refractivity contribution is 6.01. The van der Waals surface area contributed by atoms with Crippen LogP contribution in [0.4, 0.5) is 10.5 Å². The quantitative estimate of drug-likeness (QED) is 0.915. The van der Waals surface area contributed by atoms with Crippen molar-refractivity contribution < 1.29 is 4.79 Å². The van der Waals surface area contributed by atoms with E-state index in [0.29, 0.717) is 23.5 Å². The molecule has 1 unspecified atom stereocenters. The van der Waals surface area contributed by atoms with Crippen molar-refractivity contribution in [1.82, 2.24) is 9.47 Å². The Bertz CT molecular complexity index is 825. The summed E-state index contributed by atoms with van der Waals surface area (Å²) in [7, 11) is 0. The van der Waals surface area contributed by atoms with Crippen LogP contribution in [0.5, 0.6) is 0 Å². The van der Waals surface area contributed by atoms with Crippen LogP contribution in [0.3, 0.4) is 0 Å². The molecule has 5 heteroatoms. The lowest BCUT2D eigenvalue weighted by atomic mass is 10.0. The van der Waals surface area contributed by atoms with E-state index in [2.05, 4.69) is 26.1 Å². The third kappa shape index (κ3) is 3.70. The molecular weight excluding hydrogens is 314 g/mol. The molecule has 1 saturated heterocycles. The van der Waals surface area contributed by atoms with Gasteiger partial charge in [-0.15, -0.1) is 0 Å². The number of fused-ring (bicyclic) bond motifs is 1. The van der Waals surface area contributed by atoms with E-state index in [1.165, 1.54) is 6.42 Å². The third-order valence-electron chi connectivity index (χ3n) is 4.86. The molecule has 2 amide bonds. The number of likely N-dealkylation sites (tertiary alicyclic amines) is 1. The van der Waals surface area contributed by atoms with Crippen molar-refractivity contribution in [2.24, 2.45) is 5.92 Å². The van der Waals surface area contributed by atoms with Gasteiger partial charge >= 0.3 is 6.03 Å². The van der Waals surface area contributed by atoms with Crippen LogP contribution in [0.2, 0.25) is 0 Å². The molecule has 1 aromatic heterocycles. The Balaban J connectivity index is 1.98. The number of hydrogen-bond donors (Lipinski definition) is 1. The van der Waals surface area contributed by atoms with Crippen molar-refractivity contribution in [3.8, 4) is 0 Å². The summed E-state index contributed by atoms with van der Waals surface area (Å²) in [6.07, 6.45) is 5.05. The highest BCUT2D eigenvalue weighted by Gasteiger charge is 2.24. The van der Waals surface area contributed by atoms with Crippen molar-refractivity contribution in [2.75, 3.05) is 11.9 Å². The van der Waals surface area contributed by atoms with Crippen LogP contribution in [0.25, 0.3) is 10.8 Å². The zero-order valence-corrected chi connectivity index (χ0v) is 15.3. The lowest BCUT2D eigenvalue weighted by Gasteiger charge is -2.33. The Morgan fingerprint density at radius 2 is 1.96 bits per heavy atom. The predicted molar refractivity (Wildman–Crippen MR) is 102 cm³/mol. The number of nitrogens with one attached hydrogen (secondary N) is 1. The molecule has 134 valence electrons. The predicted octanol–water partition coefficient (Wildman–Crippen LogP) is 4.06. The maximum absolute atomic E-state index is 12.8. The summed E-state index contributed by atoms with van der Waals surface area (Å²) in [6.45, 7) is 7.67. The first-order valence-corrected chi connectivity index (χ1v) is 9.17. The van der Waals surface area contributed by atoms with E-state index in [0.717, 1.165) is 24.8 Å². The number of urea groups is 1. The Hall–Kier alpha value is -2.30. The van der Waals surface area contributed by atoms with Gasteiger partial charge in [-0.2, -0.15) is 0 Å². The van der Waals surface area contributed by atoms with Crippen LogP contribution < -0.4 is 10.9 Å². The van der Waals surface area contributed by atoms with Crippen LogP contribution >= 0.6 is 0 Å². The van der Waals surface area contributed by atoms with Crippen LogP contribution in [-0.4, -0.2) is 28.1 Å². The Labute approximate surface area is 148 Å². The van der Waals surface area contributed by atoms with Gasteiger partial charge in [-0.1, -0.05) is 32.0 Å². The van der Waals surface area contributed by atoms with E-state index in [9.17, 15) is 9.59 Å². The van der Waals surface area contributed by atoms with Crippen molar-refractivity contribution in [1.29, 1.82) is 0 Å². The third-order valence-corrected chi connectivity index (χ3v) is 4.86. The van der Waals surface area contributed by atoms with Gasteiger partial charge in [-0.25, -0.2) is 4.79 Å². The van der Waals surface area contributed by atoms with Crippen LogP contribution in [0, 0.1) is 5.92 Å². The molecule has 1 aliphatic heterocycles. The van der Waals surface area contributed by atoms with Gasteiger partial charge in [0.1, 0.15) is 0 Å². The number of benzene rings is 1. The largest absolute Gasteiger partial charge is 0.322 e. The molecule has 1 N–H and O–H groups in total. The van der Waals surface area contributed by atoms with Crippen molar-refractivity contribution in [2.45, 2.75) is 52.6 Å². The summed E-state index contributed by atoms with van der Waals surface area (Å²) in [5, 5.41) is 4.50. The fourth-order valence-corrected chi connectivity index (χ4v) is 3.56. The second-order valence-electron chi connectivity index (χ2n) is 7.41. The topological polar surface area (TPSA) is 54.3 Å². The summed E-state index contributed by atoms with van der Waals surface area (Å²) in [6, 6.07) is 7.66. The average Bonchev–Trinajstić information content (AvgIpc) is 2.59. The highest BCUT2D eigenvalue weighted by Crippen LogP contribution is 2.23. The van der Waals surface area contributed by atoms with Gasteiger partial charge in [-0.05, 0) is 38.2 Å². The fourth-order valence-electron chi connectivity index (χ4n) is 3.56. The summed E-state index contributed by atoms with van der Waals surface area (Å²) in [5.74, 6) is 0.351. The zero-order chi connectivity index (χ0) is 18.0. The van der Waals surface area contributed by atoms with Crippen LogP contribution in [-0.2, 0) is 6.54 Å². The number of aromatic nitrogens is 1. The van der Waals surface area contributed by atoms with E-state index in [-0.39, 0.29) is 17.6 Å². The lowest BCUT2D eigenvalue weighted by Crippen LogP contribution is -2.44. The van der Waals surface area contributed by atoms with Gasteiger partial charge in [0.05, 0.1) is 5.69 Å². The first-order valence-electron chi connectivity index (χ1n) is 9.17. The number of carbonyl (C=O) groups excluding carboxylic acids is 1. The molecule has 0 saturated carbocycles. The summed E-state index contributed by atoms with van der Waals surface area (Å²) in [4.78, 5) is 27.4. The molecule has 0 aliphatic carbocycles. The Morgan fingerprint density at radius 1 is 1.24 bits per heavy atom. The number of piperidine rings is 1. The van der Waals surface area contributed by atoms with Crippen molar-refractivity contribution >= 4 is 22.5 Å². The van der Waals surface area contributed by atoms with E-state index in [4.69, 9.17) is 0 Å². The van der Waals surface area contributed by atoms with Gasteiger partial charge in [0.2, 0.25) is 0 Å². The first-order chi connectivity index (χ1) is 12.0. The Morgan fingerprint density at radius 3 is 2.64 bits per heavy atom. The van der Waals surface area contributed by atoms with E-state index in [1.54, 1.807) is 10.8 Å². The minimum absolute atomic E-state index is 0.00589. The maximum atomic E-state index is 12.8. The number of amides is 2. The second kappa shape index (κ2) is 7.30. The minimum atomic E-state index is -0.0768. The molecule has 5 nitrogen and oxygen atoms in total. The highest BCUT2D eigenvalue weighted by atomic mass is 16.2. The number of anilines is 1. The maximum Gasteiger partial charge on any atom is 0.322 e. The smallest absolute Gasteiger partial charge is 0.322 e. The molecular formula is C20H27N3O2. The van der Waals surface area contributed by atoms with Crippen molar-refractivity contribution in [3.05, 3.63) is 40.8 Å². The van der Waals surface area contributed by atoms with E-state index < -0.39 is 0 Å². The molecule has 3 rings (SSSR count). The molecule has 1 aromatic carbocycles. The van der Waals surface area contributed by atoms with Gasteiger partial charge in [-0.3, -0.25) is 4.79 Å². The van der Waals surface area contributed by atoms with Gasteiger partial charge < -0.3 is 14.8 Å². The van der Waals surface area contributed by atoms with Gasteiger partial charge in [0.25, 0.3) is 5.56 Å². The van der Waals surface area contributed by atoms with E-state index >= 15 is 0 Å². The number of nitrogens with zero attached hydrogens (tertiary/aromatic N) is 2. The SMILES string of the molecule is CC(C)Cn1cc(NC(=O)N2CCCCC2C)c2ccccc2c1=O. The molecule has 1 atom stereocenters. The zero-order valence-electron chi connectivity index (χ0n) is 15.3. The van der Waals surface area contributed by atoms with E-state index in [1.807, 2.05) is 29.2 Å². The number of pyridine rings is 1. The fraction of sp³-hybridized carbons (Fsp3) is 0.500. The lowest BCUT2D eigenvalue weighted by molar-refractivity contribution is 0.170. The molecule has 25 heavy (non-hydrogen) atoms. The minimum Gasteiger partial charge on any atom is -0.322 e. The molecule has 0 spiro atoms. The Kier molecular flexibility index (Phi) is 5.11. The summed E-state index contributed by atoms with van der Waals surface area (Å²) < 4.78 is 1.71. The monoisotopic (exact) mass is 341 g/mol. The number of rotatable bonds is 3. The van der Waals surface area contributed by atoms with Gasteiger partial charge in [0.15, 0.2) is 0 Å². The molecule has 0 radical (unpaired) electrons. The van der Waals surface area contributed by atoms with Crippen LogP contribution in [0.15, 0.2) is 35.3 Å². The molecule has 2 aromatic rings. The van der Waals surface area contributed by atoms with Gasteiger partial charge in [0, 0.05) is 36.1 Å². The summed E-state index contributed by atoms with van der Waals surface area (Å²) in [5.41, 5.74) is 0.701. The standard InChI is InChI=1S/C20H27N3O2/c1-14(2)12-22-13-18(16-9-4-5-10-17(16)19(22)24)21-20(25)23-11-7-6-8-15(23)3/h4-5,9-10,13-15H,6-8,11-12H2,1-3H3,(H,21,25). The molecule has 2 heterocycles. The molecule has 1 aliphatic rings. The number of carbonyl (C=O) groups is 1. The molecule has 0 bridgehead atoms. The number of hydrogen-bond acceptors (Lipinski definition) is 2. The average molecular weight is 341 g/mol. The molecule has 1 fully saturated rings. The van der Waals surface area contributed by atoms with Crippen molar-refractivity contribution in [3.63, 3.8) is 0 Å².